The maximum absolute atomic E-state index is 14.9. The minimum atomic E-state index is -4.75. The molecule has 3 N–H and O–H groups in total. The number of nitrogens with two attached hydrogens (primary N) is 1. The van der Waals surface area contributed by atoms with Gasteiger partial charge in [-0.1, -0.05) is 0 Å². The van der Waals surface area contributed by atoms with E-state index in [2.05, 4.69) is 20.4 Å². The summed E-state index contributed by atoms with van der Waals surface area (Å²) in [6.07, 6.45) is -1.20. The second-order valence-electron chi connectivity index (χ2n) is 9.46. The number of nitrogen functional groups attached to an aromatic ring is 1. The first-order valence-corrected chi connectivity index (χ1v) is 12.3. The first-order valence-electron chi connectivity index (χ1n) is 12.3. The highest BCUT2D eigenvalue weighted by atomic mass is 19.4. The first kappa shape index (κ1) is 26.4. The highest BCUT2D eigenvalue weighted by molar-refractivity contribution is 5.98. The summed E-state index contributed by atoms with van der Waals surface area (Å²) >= 11 is 0. The van der Waals surface area contributed by atoms with Crippen LogP contribution in [0, 0.1) is 0 Å². The maximum Gasteiger partial charge on any atom is 0.418 e. The summed E-state index contributed by atoms with van der Waals surface area (Å²) in [6, 6.07) is 0.861. The molecule has 39 heavy (non-hydrogen) atoms. The Morgan fingerprint density at radius 2 is 1.85 bits per heavy atom. The van der Waals surface area contributed by atoms with E-state index in [0.29, 0.717) is 13.1 Å². The predicted molar refractivity (Wildman–Crippen MR) is 131 cm³/mol. The number of rotatable bonds is 4. The van der Waals surface area contributed by atoms with E-state index < -0.39 is 35.4 Å². The highest BCUT2D eigenvalue weighted by Gasteiger charge is 2.39. The van der Waals surface area contributed by atoms with E-state index in [1.807, 2.05) is 0 Å². The van der Waals surface area contributed by atoms with Gasteiger partial charge in [0.05, 0.1) is 31.0 Å². The number of fused-ring (bicyclic) bond motifs is 1. The lowest BCUT2D eigenvalue weighted by Gasteiger charge is -2.30. The van der Waals surface area contributed by atoms with E-state index >= 15 is 0 Å². The second kappa shape index (κ2) is 10.2. The molecule has 5 heterocycles. The molecular weight excluding hydrogens is 524 g/mol. The van der Waals surface area contributed by atoms with Crippen LogP contribution in [0.1, 0.15) is 35.2 Å². The van der Waals surface area contributed by atoms with Crippen molar-refractivity contribution < 1.29 is 31.9 Å². The number of carbonyl (C=O) groups is 2. The van der Waals surface area contributed by atoms with E-state index in [-0.39, 0.29) is 47.6 Å². The molecule has 3 aromatic heterocycles. The SMILES string of the molecule is COc1ncc(-c2cc(C(F)(F)F)c3c(N)ncnn23)cc1C(=O)N[C@@H]1CN(C(=O)N2CCCCC2)C[C@@H]1F. The van der Waals surface area contributed by atoms with E-state index in [0.717, 1.165) is 36.2 Å². The molecule has 11 nitrogen and oxygen atoms in total. The highest BCUT2D eigenvalue weighted by Crippen LogP contribution is 2.39. The van der Waals surface area contributed by atoms with Gasteiger partial charge in [-0.05, 0) is 31.4 Å². The van der Waals surface area contributed by atoms with Crippen molar-refractivity contribution in [1.82, 2.24) is 34.7 Å². The van der Waals surface area contributed by atoms with Gasteiger partial charge in [-0.2, -0.15) is 18.3 Å². The quantitative estimate of drug-likeness (QED) is 0.478. The molecule has 0 aromatic carbocycles. The van der Waals surface area contributed by atoms with E-state index in [4.69, 9.17) is 10.5 Å². The fourth-order valence-corrected chi connectivity index (χ4v) is 5.00. The number of likely N-dealkylation sites (tertiary alicyclic amines) is 2. The molecule has 15 heteroatoms. The van der Waals surface area contributed by atoms with Crippen LogP contribution in [0.25, 0.3) is 16.8 Å². The van der Waals surface area contributed by atoms with Crippen molar-refractivity contribution in [3.05, 3.63) is 35.8 Å². The Balaban J connectivity index is 1.42. The number of nitrogens with one attached hydrogen (secondary N) is 1. The van der Waals surface area contributed by atoms with Crippen molar-refractivity contribution in [3.8, 4) is 17.1 Å². The van der Waals surface area contributed by atoms with Gasteiger partial charge in [0.25, 0.3) is 5.91 Å². The largest absolute Gasteiger partial charge is 0.480 e. The molecule has 2 aliphatic heterocycles. The molecule has 0 radical (unpaired) electrons. The van der Waals surface area contributed by atoms with Crippen molar-refractivity contribution in [2.75, 3.05) is 39.0 Å². The summed E-state index contributed by atoms with van der Waals surface area (Å²) in [7, 11) is 1.27. The zero-order valence-corrected chi connectivity index (χ0v) is 20.9. The Labute approximate surface area is 219 Å². The average molecular weight is 551 g/mol. The average Bonchev–Trinajstić information content (AvgIpc) is 3.50. The number of amides is 3. The van der Waals surface area contributed by atoms with Crippen LogP contribution in [0.2, 0.25) is 0 Å². The number of halogens is 4. The number of carbonyl (C=O) groups excluding carboxylic acids is 2. The van der Waals surface area contributed by atoms with Gasteiger partial charge in [0.15, 0.2) is 5.82 Å². The van der Waals surface area contributed by atoms with Gasteiger partial charge in [-0.25, -0.2) is 23.7 Å². The van der Waals surface area contributed by atoms with Crippen molar-refractivity contribution in [2.45, 2.75) is 37.7 Å². The Bertz CT molecular complexity index is 1410. The summed E-state index contributed by atoms with van der Waals surface area (Å²) in [5.74, 6) is -1.24. The molecule has 0 unspecified atom stereocenters. The Morgan fingerprint density at radius 3 is 2.54 bits per heavy atom. The number of nitrogens with zero attached hydrogens (tertiary/aromatic N) is 6. The molecule has 3 aromatic rings. The smallest absolute Gasteiger partial charge is 0.418 e. The monoisotopic (exact) mass is 550 g/mol. The van der Waals surface area contributed by atoms with Crippen molar-refractivity contribution >= 4 is 23.3 Å². The normalized spacial score (nSPS) is 19.9. The van der Waals surface area contributed by atoms with Gasteiger partial charge in [-0.15, -0.1) is 0 Å². The molecule has 0 spiro atoms. The van der Waals surface area contributed by atoms with Crippen LogP contribution in [-0.4, -0.2) is 86.8 Å². The Kier molecular flexibility index (Phi) is 6.91. The van der Waals surface area contributed by atoms with Crippen LogP contribution in [-0.2, 0) is 6.18 Å². The van der Waals surface area contributed by atoms with Gasteiger partial charge in [-0.3, -0.25) is 4.79 Å². The molecular formula is C24H26F4N8O3. The van der Waals surface area contributed by atoms with E-state index in [1.54, 1.807) is 4.90 Å². The van der Waals surface area contributed by atoms with Crippen LogP contribution in [0.4, 0.5) is 28.2 Å². The van der Waals surface area contributed by atoms with E-state index in [1.165, 1.54) is 24.3 Å². The van der Waals surface area contributed by atoms with Crippen molar-refractivity contribution in [1.29, 1.82) is 0 Å². The summed E-state index contributed by atoms with van der Waals surface area (Å²) in [6.45, 7) is 1.04. The number of ether oxygens (including phenoxy) is 1. The van der Waals surface area contributed by atoms with E-state index in [9.17, 15) is 27.2 Å². The number of hydrogen-bond donors (Lipinski definition) is 2. The summed E-state index contributed by atoms with van der Waals surface area (Å²) < 4.78 is 62.2. The first-order chi connectivity index (χ1) is 18.6. The van der Waals surface area contributed by atoms with Gasteiger partial charge in [0.2, 0.25) is 5.88 Å². The molecule has 0 saturated carbocycles. The second-order valence-corrected chi connectivity index (χ2v) is 9.46. The molecule has 2 aliphatic rings. The summed E-state index contributed by atoms with van der Waals surface area (Å²) in [4.78, 5) is 36.8. The predicted octanol–water partition coefficient (Wildman–Crippen LogP) is 2.76. The molecule has 3 amide bonds. The van der Waals surface area contributed by atoms with Gasteiger partial charge < -0.3 is 25.6 Å². The molecule has 0 bridgehead atoms. The summed E-state index contributed by atoms with van der Waals surface area (Å²) in [5.41, 5.74) is 4.15. The van der Waals surface area contributed by atoms with Crippen molar-refractivity contribution in [3.63, 3.8) is 0 Å². The molecule has 0 aliphatic carbocycles. The van der Waals surface area contributed by atoms with Crippen LogP contribution < -0.4 is 15.8 Å². The lowest BCUT2D eigenvalue weighted by Crippen LogP contribution is -2.46. The molecule has 2 atom stereocenters. The van der Waals surface area contributed by atoms with Crippen LogP contribution in [0.15, 0.2) is 24.7 Å². The Hall–Kier alpha value is -4.17. The third-order valence-corrected chi connectivity index (χ3v) is 6.94. The zero-order valence-electron chi connectivity index (χ0n) is 20.9. The number of pyridine rings is 1. The fourth-order valence-electron chi connectivity index (χ4n) is 5.00. The van der Waals surface area contributed by atoms with Gasteiger partial charge >= 0.3 is 12.2 Å². The maximum atomic E-state index is 14.9. The standard InChI is InChI=1S/C24H26F4N8O3/c1-39-22-14(21(37)33-17-11-35(10-16(17)25)23(38)34-5-3-2-4-6-34)7-13(9-30-22)18-8-15(24(26,27)28)19-20(29)31-12-32-36(18)19/h7-9,12,16-17H,2-6,10-11H2,1H3,(H,33,37)(H2,29,31,32)/t16-,17+/m0/s1. The number of anilines is 1. The number of methoxy groups -OCH3 is 1. The molecule has 2 saturated heterocycles. The van der Waals surface area contributed by atoms with Crippen LogP contribution in [0.5, 0.6) is 5.88 Å². The van der Waals surface area contributed by atoms with Gasteiger partial charge in [0, 0.05) is 31.4 Å². The van der Waals surface area contributed by atoms with Crippen LogP contribution in [0.3, 0.4) is 0 Å². The lowest BCUT2D eigenvalue weighted by atomic mass is 10.1. The van der Waals surface area contributed by atoms with Crippen molar-refractivity contribution in [2.24, 2.45) is 0 Å². The number of alkyl halides is 4. The fraction of sp³-hybridized carbons (Fsp3) is 0.458. The third kappa shape index (κ3) is 5.00. The number of urea groups is 1. The third-order valence-electron chi connectivity index (χ3n) is 6.94. The minimum Gasteiger partial charge on any atom is -0.480 e. The molecule has 5 rings (SSSR count). The minimum absolute atomic E-state index is 0.0217. The number of hydrogen-bond acceptors (Lipinski definition) is 7. The Morgan fingerprint density at radius 1 is 1.10 bits per heavy atom. The summed E-state index contributed by atoms with van der Waals surface area (Å²) in [5, 5.41) is 6.48. The van der Waals surface area contributed by atoms with Crippen LogP contribution >= 0.6 is 0 Å². The lowest BCUT2D eigenvalue weighted by molar-refractivity contribution is -0.136. The number of piperidine rings is 1. The number of aromatic nitrogens is 4. The molecule has 208 valence electrons. The van der Waals surface area contributed by atoms with Gasteiger partial charge in [0.1, 0.15) is 23.6 Å². The zero-order chi connectivity index (χ0) is 27.9. The molecule has 2 fully saturated rings. The topological polar surface area (TPSA) is 131 Å².